The minimum atomic E-state index is -0.604. The SMILES string of the molecule is C[C@H](CNC(=O)c1cc(N2CCNC2=O)ccc1F)c1ccccc1. The molecular formula is C19H20FN3O2. The lowest BCUT2D eigenvalue weighted by Crippen LogP contribution is -2.30. The zero-order chi connectivity index (χ0) is 17.8. The Morgan fingerprint density at radius 2 is 2.04 bits per heavy atom. The normalized spacial score (nSPS) is 15.0. The molecule has 1 aliphatic heterocycles. The van der Waals surface area contributed by atoms with Crippen molar-refractivity contribution in [3.63, 3.8) is 0 Å². The van der Waals surface area contributed by atoms with Gasteiger partial charge < -0.3 is 10.6 Å². The first-order chi connectivity index (χ1) is 12.1. The van der Waals surface area contributed by atoms with Gasteiger partial charge in [-0.05, 0) is 29.7 Å². The van der Waals surface area contributed by atoms with E-state index in [2.05, 4.69) is 10.6 Å². The highest BCUT2D eigenvalue weighted by molar-refractivity contribution is 5.98. The maximum Gasteiger partial charge on any atom is 0.321 e. The van der Waals surface area contributed by atoms with Crippen LogP contribution >= 0.6 is 0 Å². The number of urea groups is 1. The van der Waals surface area contributed by atoms with Crippen molar-refractivity contribution >= 4 is 17.6 Å². The van der Waals surface area contributed by atoms with Crippen molar-refractivity contribution in [3.05, 3.63) is 65.5 Å². The van der Waals surface area contributed by atoms with E-state index in [1.807, 2.05) is 37.3 Å². The van der Waals surface area contributed by atoms with Crippen molar-refractivity contribution in [1.82, 2.24) is 10.6 Å². The number of rotatable bonds is 5. The van der Waals surface area contributed by atoms with Gasteiger partial charge in [0.15, 0.2) is 0 Å². The zero-order valence-corrected chi connectivity index (χ0v) is 14.0. The highest BCUT2D eigenvalue weighted by atomic mass is 19.1. The van der Waals surface area contributed by atoms with Gasteiger partial charge in [-0.3, -0.25) is 9.69 Å². The van der Waals surface area contributed by atoms with Gasteiger partial charge in [-0.1, -0.05) is 37.3 Å². The summed E-state index contributed by atoms with van der Waals surface area (Å²) in [6.07, 6.45) is 0. The fourth-order valence-electron chi connectivity index (χ4n) is 2.81. The van der Waals surface area contributed by atoms with E-state index >= 15 is 0 Å². The van der Waals surface area contributed by atoms with Crippen LogP contribution in [0, 0.1) is 5.82 Å². The molecule has 3 rings (SSSR count). The fraction of sp³-hybridized carbons (Fsp3) is 0.263. The van der Waals surface area contributed by atoms with Crippen LogP contribution in [-0.2, 0) is 0 Å². The van der Waals surface area contributed by atoms with Crippen LogP contribution in [0.1, 0.15) is 28.8 Å². The van der Waals surface area contributed by atoms with Crippen molar-refractivity contribution in [3.8, 4) is 0 Å². The van der Waals surface area contributed by atoms with Gasteiger partial charge >= 0.3 is 6.03 Å². The summed E-state index contributed by atoms with van der Waals surface area (Å²) in [7, 11) is 0. The first-order valence-corrected chi connectivity index (χ1v) is 8.24. The molecule has 0 radical (unpaired) electrons. The van der Waals surface area contributed by atoms with Crippen LogP contribution in [0.4, 0.5) is 14.9 Å². The standard InChI is InChI=1S/C19H20FN3O2/c1-13(14-5-3-2-4-6-14)12-22-18(24)16-11-15(7-8-17(16)20)23-10-9-21-19(23)25/h2-8,11,13H,9-10,12H2,1H3,(H,21,25)(H,22,24)/t13-/m1/s1. The molecule has 25 heavy (non-hydrogen) atoms. The van der Waals surface area contributed by atoms with E-state index in [4.69, 9.17) is 0 Å². The highest BCUT2D eigenvalue weighted by Gasteiger charge is 2.23. The van der Waals surface area contributed by atoms with Crippen LogP contribution in [0.15, 0.2) is 48.5 Å². The van der Waals surface area contributed by atoms with Crippen molar-refractivity contribution in [1.29, 1.82) is 0 Å². The van der Waals surface area contributed by atoms with Crippen LogP contribution in [0.2, 0.25) is 0 Å². The van der Waals surface area contributed by atoms with E-state index in [0.717, 1.165) is 5.56 Å². The van der Waals surface area contributed by atoms with E-state index in [9.17, 15) is 14.0 Å². The Balaban J connectivity index is 1.70. The summed E-state index contributed by atoms with van der Waals surface area (Å²) in [5.41, 5.74) is 1.56. The number of halogens is 1. The fourth-order valence-corrected chi connectivity index (χ4v) is 2.81. The summed E-state index contributed by atoms with van der Waals surface area (Å²) in [4.78, 5) is 25.6. The van der Waals surface area contributed by atoms with Crippen LogP contribution in [0.25, 0.3) is 0 Å². The molecule has 2 aromatic carbocycles. The lowest BCUT2D eigenvalue weighted by molar-refractivity contribution is 0.0947. The summed E-state index contributed by atoms with van der Waals surface area (Å²) < 4.78 is 14.1. The molecule has 6 heteroatoms. The average Bonchev–Trinajstić information content (AvgIpc) is 3.06. The van der Waals surface area contributed by atoms with Crippen LogP contribution in [-0.4, -0.2) is 31.6 Å². The molecule has 2 N–H and O–H groups in total. The number of nitrogens with zero attached hydrogens (tertiary/aromatic N) is 1. The minimum absolute atomic E-state index is 0.0579. The molecule has 0 unspecified atom stereocenters. The number of anilines is 1. The highest BCUT2D eigenvalue weighted by Crippen LogP contribution is 2.21. The smallest absolute Gasteiger partial charge is 0.321 e. The molecule has 0 spiro atoms. The largest absolute Gasteiger partial charge is 0.351 e. The molecular weight excluding hydrogens is 321 g/mol. The number of carbonyl (C=O) groups is 2. The third kappa shape index (κ3) is 3.79. The number of amides is 3. The summed E-state index contributed by atoms with van der Waals surface area (Å²) in [6, 6.07) is 13.7. The van der Waals surface area contributed by atoms with Gasteiger partial charge in [-0.2, -0.15) is 0 Å². The van der Waals surface area contributed by atoms with Crippen LogP contribution < -0.4 is 15.5 Å². The quantitative estimate of drug-likeness (QED) is 0.878. The predicted molar refractivity (Wildman–Crippen MR) is 94.3 cm³/mol. The summed E-state index contributed by atoms with van der Waals surface area (Å²) in [5.74, 6) is -0.976. The van der Waals surface area contributed by atoms with Gasteiger partial charge in [-0.15, -0.1) is 0 Å². The van der Waals surface area contributed by atoms with Crippen molar-refractivity contribution < 1.29 is 14.0 Å². The van der Waals surface area contributed by atoms with Crippen LogP contribution in [0.3, 0.4) is 0 Å². The molecule has 0 aromatic heterocycles. The Bertz CT molecular complexity index is 779. The lowest BCUT2D eigenvalue weighted by Gasteiger charge is -2.16. The number of hydrogen-bond donors (Lipinski definition) is 2. The maximum absolute atomic E-state index is 14.1. The molecule has 2 aromatic rings. The Kier molecular flexibility index (Phi) is 4.97. The number of hydrogen-bond acceptors (Lipinski definition) is 2. The van der Waals surface area contributed by atoms with Crippen molar-refractivity contribution in [2.75, 3.05) is 24.5 Å². The van der Waals surface area contributed by atoms with Gasteiger partial charge in [-0.25, -0.2) is 9.18 Å². The molecule has 1 fully saturated rings. The van der Waals surface area contributed by atoms with Gasteiger partial charge in [0.2, 0.25) is 0 Å². The third-order valence-electron chi connectivity index (χ3n) is 4.30. The van der Waals surface area contributed by atoms with Gasteiger partial charge in [0.25, 0.3) is 5.91 Å². The maximum atomic E-state index is 14.1. The molecule has 0 aliphatic carbocycles. The minimum Gasteiger partial charge on any atom is -0.351 e. The second-order valence-electron chi connectivity index (χ2n) is 6.07. The Morgan fingerprint density at radius 1 is 1.28 bits per heavy atom. The molecule has 3 amide bonds. The Morgan fingerprint density at radius 3 is 2.72 bits per heavy atom. The van der Waals surface area contributed by atoms with Gasteiger partial charge in [0.05, 0.1) is 5.56 Å². The summed E-state index contributed by atoms with van der Waals surface area (Å²) >= 11 is 0. The van der Waals surface area contributed by atoms with E-state index in [-0.39, 0.29) is 17.5 Å². The molecule has 1 atom stereocenters. The monoisotopic (exact) mass is 341 g/mol. The lowest BCUT2D eigenvalue weighted by atomic mass is 10.0. The van der Waals surface area contributed by atoms with E-state index < -0.39 is 11.7 Å². The molecule has 0 saturated carbocycles. The van der Waals surface area contributed by atoms with Gasteiger partial charge in [0, 0.05) is 25.3 Å². The first-order valence-electron chi connectivity index (χ1n) is 8.24. The van der Waals surface area contributed by atoms with Crippen molar-refractivity contribution in [2.45, 2.75) is 12.8 Å². The molecule has 5 nitrogen and oxygen atoms in total. The van der Waals surface area contributed by atoms with E-state index in [1.165, 1.54) is 23.1 Å². The number of nitrogens with one attached hydrogen (secondary N) is 2. The van der Waals surface area contributed by atoms with E-state index in [0.29, 0.717) is 25.3 Å². The second-order valence-corrected chi connectivity index (χ2v) is 6.07. The number of carbonyl (C=O) groups excluding carboxylic acids is 2. The number of benzene rings is 2. The third-order valence-corrected chi connectivity index (χ3v) is 4.30. The first kappa shape index (κ1) is 17.0. The predicted octanol–water partition coefficient (Wildman–Crippen LogP) is 2.89. The Labute approximate surface area is 145 Å². The summed E-state index contributed by atoms with van der Waals surface area (Å²) in [6.45, 7) is 3.43. The topological polar surface area (TPSA) is 61.4 Å². The molecule has 1 aliphatic rings. The van der Waals surface area contributed by atoms with Crippen molar-refractivity contribution in [2.24, 2.45) is 0 Å². The van der Waals surface area contributed by atoms with Crippen LogP contribution in [0.5, 0.6) is 0 Å². The Hall–Kier alpha value is -2.89. The molecule has 1 heterocycles. The zero-order valence-electron chi connectivity index (χ0n) is 14.0. The molecule has 130 valence electrons. The average molecular weight is 341 g/mol. The second kappa shape index (κ2) is 7.34. The molecule has 0 bridgehead atoms. The van der Waals surface area contributed by atoms with E-state index in [1.54, 1.807) is 0 Å². The van der Waals surface area contributed by atoms with Gasteiger partial charge in [0.1, 0.15) is 5.82 Å². The molecule has 1 saturated heterocycles. The summed E-state index contributed by atoms with van der Waals surface area (Å²) in [5, 5.41) is 5.45.